The van der Waals surface area contributed by atoms with E-state index in [1.165, 1.54) is 12.2 Å². The Labute approximate surface area is 185 Å². The number of hydrogen-bond acceptors (Lipinski definition) is 9. The van der Waals surface area contributed by atoms with Gasteiger partial charge < -0.3 is 9.47 Å². The summed E-state index contributed by atoms with van der Waals surface area (Å²) in [6, 6.07) is -0.278. The average molecular weight is 469 g/mol. The van der Waals surface area contributed by atoms with Gasteiger partial charge in [0.1, 0.15) is 23.9 Å². The molecule has 0 saturated heterocycles. The van der Waals surface area contributed by atoms with E-state index in [0.29, 0.717) is 25.1 Å². The Hall–Kier alpha value is -2.79. The summed E-state index contributed by atoms with van der Waals surface area (Å²) in [6.07, 6.45) is 3.84. The van der Waals surface area contributed by atoms with Gasteiger partial charge in [0.25, 0.3) is 0 Å². The molecule has 166 valence electrons. The van der Waals surface area contributed by atoms with Crippen molar-refractivity contribution in [3.8, 4) is 0 Å². The van der Waals surface area contributed by atoms with E-state index in [2.05, 4.69) is 15.5 Å². The predicted molar refractivity (Wildman–Crippen MR) is 110 cm³/mol. The van der Waals surface area contributed by atoms with Crippen LogP contribution in [0.3, 0.4) is 0 Å². The molecule has 0 spiro atoms. The highest BCUT2D eigenvalue weighted by Crippen LogP contribution is 2.34. The normalized spacial score (nSPS) is 20.2. The van der Waals surface area contributed by atoms with Crippen LogP contribution in [-0.2, 0) is 29.4 Å². The molecule has 2 aliphatic carbocycles. The van der Waals surface area contributed by atoms with E-state index in [1.54, 1.807) is 18.5 Å². The lowest BCUT2D eigenvalue weighted by Crippen LogP contribution is -2.26. The van der Waals surface area contributed by atoms with Crippen molar-refractivity contribution in [2.24, 2.45) is 5.92 Å². The molecule has 1 heterocycles. The number of aromatic nitrogens is 4. The third kappa shape index (κ3) is 5.10. The van der Waals surface area contributed by atoms with Crippen LogP contribution in [0.2, 0.25) is 0 Å². The van der Waals surface area contributed by atoms with Crippen LogP contribution in [0.25, 0.3) is 0 Å². The predicted octanol–water partition coefficient (Wildman–Crippen LogP) is 1.82. The maximum absolute atomic E-state index is 12.7. The molecular formula is C19H21ClN4O6S. The molecule has 2 atom stereocenters. The Morgan fingerprint density at radius 1 is 1.35 bits per heavy atom. The standard InChI is InChI=1S/C19H21ClN4O6S/c1-10(24-12(3)21-22-23-24)9-29-18-11(2)16(31(27)28)8-15(17(18)20)19(26)30-14-6-4-5-13(25)7-14/h7-8,10-11H,4-6,9H2,1-3H3. The number of allylic oxidation sites excluding steroid dienone is 4. The van der Waals surface area contributed by atoms with Crippen molar-refractivity contribution < 1.29 is 27.5 Å². The summed E-state index contributed by atoms with van der Waals surface area (Å²) in [5.74, 6) is -0.765. The number of rotatable bonds is 6. The SMILES string of the molecule is Cc1nnnn1C(C)COC1=C(Cl)C(C(=O)OC2=CC(=O)CCC2)=CC(=S(=O)=O)C1C. The fourth-order valence-corrected chi connectivity index (χ4v) is 4.21. The molecule has 0 bridgehead atoms. The molecule has 12 heteroatoms. The van der Waals surface area contributed by atoms with Crippen LogP contribution < -0.4 is 0 Å². The molecule has 0 fully saturated rings. The molecule has 2 unspecified atom stereocenters. The Morgan fingerprint density at radius 3 is 2.71 bits per heavy atom. The third-order valence-corrected chi connectivity index (χ3v) is 6.17. The van der Waals surface area contributed by atoms with Crippen LogP contribution in [-0.4, -0.2) is 51.8 Å². The smallest absolute Gasteiger partial charge is 0.344 e. The van der Waals surface area contributed by atoms with Crippen LogP contribution in [0.4, 0.5) is 0 Å². The summed E-state index contributed by atoms with van der Waals surface area (Å²) in [6.45, 7) is 5.25. The van der Waals surface area contributed by atoms with E-state index >= 15 is 0 Å². The van der Waals surface area contributed by atoms with Gasteiger partial charge in [-0.2, -0.15) is 8.42 Å². The molecule has 1 aromatic heterocycles. The number of esters is 1. The number of ketones is 1. The van der Waals surface area contributed by atoms with Crippen molar-refractivity contribution in [2.45, 2.75) is 46.1 Å². The van der Waals surface area contributed by atoms with Gasteiger partial charge in [-0.1, -0.05) is 18.5 Å². The second-order valence-corrected chi connectivity index (χ2v) is 8.56. The van der Waals surface area contributed by atoms with Crippen LogP contribution in [0.1, 0.15) is 45.0 Å². The largest absolute Gasteiger partial charge is 0.493 e. The molecule has 0 saturated carbocycles. The number of ether oxygens (including phenoxy) is 2. The van der Waals surface area contributed by atoms with Crippen LogP contribution in [0.5, 0.6) is 0 Å². The van der Waals surface area contributed by atoms with Crippen molar-refractivity contribution in [3.05, 3.63) is 40.1 Å². The van der Waals surface area contributed by atoms with E-state index in [1.807, 2.05) is 6.92 Å². The van der Waals surface area contributed by atoms with Crippen LogP contribution in [0, 0.1) is 12.8 Å². The minimum Gasteiger partial charge on any atom is -0.493 e. The van der Waals surface area contributed by atoms with Gasteiger partial charge in [0.05, 0.1) is 27.4 Å². The maximum Gasteiger partial charge on any atom is 0.344 e. The fraction of sp³-hybridized carbons (Fsp3) is 0.474. The number of carbonyl (C=O) groups excluding carboxylic acids is 2. The summed E-state index contributed by atoms with van der Waals surface area (Å²) < 4.78 is 36.2. The Balaban J connectivity index is 1.87. The molecule has 0 amide bonds. The van der Waals surface area contributed by atoms with Crippen molar-refractivity contribution in [3.63, 3.8) is 0 Å². The molecule has 31 heavy (non-hydrogen) atoms. The molecule has 0 N–H and O–H groups in total. The highest BCUT2D eigenvalue weighted by molar-refractivity contribution is 7.73. The number of nitrogens with zero attached hydrogens (tertiary/aromatic N) is 4. The summed E-state index contributed by atoms with van der Waals surface area (Å²) in [4.78, 5) is 24.2. The number of aryl methyl sites for hydroxylation is 1. The first-order valence-corrected chi connectivity index (χ1v) is 11.0. The molecule has 3 rings (SSSR count). The van der Waals surface area contributed by atoms with E-state index in [4.69, 9.17) is 21.1 Å². The third-order valence-electron chi connectivity index (χ3n) is 4.92. The minimum absolute atomic E-state index is 0.0462. The van der Waals surface area contributed by atoms with E-state index in [-0.39, 0.29) is 45.4 Å². The van der Waals surface area contributed by atoms with Crippen molar-refractivity contribution in [1.29, 1.82) is 0 Å². The van der Waals surface area contributed by atoms with Crippen molar-refractivity contribution >= 4 is 38.5 Å². The number of tetrazole rings is 1. The van der Waals surface area contributed by atoms with Crippen molar-refractivity contribution in [1.82, 2.24) is 20.2 Å². The van der Waals surface area contributed by atoms with Gasteiger partial charge in [0.2, 0.25) is 10.3 Å². The Morgan fingerprint density at radius 2 is 2.10 bits per heavy atom. The first kappa shape index (κ1) is 22.9. The van der Waals surface area contributed by atoms with E-state index in [9.17, 15) is 18.0 Å². The summed E-state index contributed by atoms with van der Waals surface area (Å²) in [5, 5.41) is 11.2. The molecule has 0 aromatic carbocycles. The zero-order valence-electron chi connectivity index (χ0n) is 17.2. The minimum atomic E-state index is -2.61. The Kier molecular flexibility index (Phi) is 7.06. The average Bonchev–Trinajstić information content (AvgIpc) is 3.13. The lowest BCUT2D eigenvalue weighted by Gasteiger charge is -2.25. The molecule has 2 aliphatic rings. The van der Waals surface area contributed by atoms with E-state index < -0.39 is 22.2 Å². The maximum atomic E-state index is 12.7. The Bertz CT molecular complexity index is 1140. The highest BCUT2D eigenvalue weighted by Gasteiger charge is 2.33. The molecule has 10 nitrogen and oxygen atoms in total. The number of hydrogen-bond donors (Lipinski definition) is 0. The lowest BCUT2D eigenvalue weighted by atomic mass is 9.95. The first-order chi connectivity index (χ1) is 14.7. The molecule has 1 aromatic rings. The highest BCUT2D eigenvalue weighted by atomic mass is 35.5. The monoisotopic (exact) mass is 468 g/mol. The second kappa shape index (κ2) is 9.56. The number of halogens is 1. The number of carbonyl (C=O) groups is 2. The van der Waals surface area contributed by atoms with Crippen LogP contribution in [0.15, 0.2) is 34.3 Å². The van der Waals surface area contributed by atoms with Gasteiger partial charge in [-0.3, -0.25) is 4.79 Å². The van der Waals surface area contributed by atoms with Gasteiger partial charge in [0, 0.05) is 18.9 Å². The van der Waals surface area contributed by atoms with E-state index in [0.717, 1.165) is 0 Å². The van der Waals surface area contributed by atoms with Gasteiger partial charge in [-0.15, -0.1) is 5.10 Å². The first-order valence-electron chi connectivity index (χ1n) is 9.59. The van der Waals surface area contributed by atoms with Gasteiger partial charge in [0.15, 0.2) is 5.78 Å². The summed E-state index contributed by atoms with van der Waals surface area (Å²) >= 11 is 6.43. The topological polar surface area (TPSA) is 130 Å². The quantitative estimate of drug-likeness (QED) is 0.453. The van der Waals surface area contributed by atoms with Gasteiger partial charge in [-0.25, -0.2) is 9.48 Å². The molecular weight excluding hydrogens is 448 g/mol. The van der Waals surface area contributed by atoms with Crippen LogP contribution >= 0.6 is 11.6 Å². The van der Waals surface area contributed by atoms with Gasteiger partial charge in [-0.05, 0) is 36.8 Å². The second-order valence-electron chi connectivity index (χ2n) is 7.25. The summed E-state index contributed by atoms with van der Waals surface area (Å²) in [7, 11) is -2.61. The van der Waals surface area contributed by atoms with Gasteiger partial charge >= 0.3 is 5.97 Å². The zero-order valence-corrected chi connectivity index (χ0v) is 18.7. The molecule has 0 aliphatic heterocycles. The lowest BCUT2D eigenvalue weighted by molar-refractivity contribution is -0.135. The van der Waals surface area contributed by atoms with Crippen molar-refractivity contribution in [2.75, 3.05) is 6.61 Å². The molecule has 0 radical (unpaired) electrons. The zero-order chi connectivity index (χ0) is 22.7. The summed E-state index contributed by atoms with van der Waals surface area (Å²) in [5.41, 5.74) is -0.154. The fourth-order valence-electron chi connectivity index (χ4n) is 3.25.